The summed E-state index contributed by atoms with van der Waals surface area (Å²) in [5, 5.41) is 0. The topological polar surface area (TPSA) is 54.0 Å². The van der Waals surface area contributed by atoms with Crippen molar-refractivity contribution in [2.24, 2.45) is 0 Å². The van der Waals surface area contributed by atoms with Crippen LogP contribution in [0.1, 0.15) is 29.1 Å². The minimum Gasteiger partial charge on any atom is -0.455 e. The summed E-state index contributed by atoms with van der Waals surface area (Å²) in [6.45, 7) is 0.275. The zero-order valence-corrected chi connectivity index (χ0v) is 16.3. The molecule has 3 aromatic carbocycles. The average molecular weight is 402 g/mol. The molecule has 4 atom stereocenters. The van der Waals surface area contributed by atoms with E-state index in [-0.39, 0.29) is 6.61 Å². The lowest BCUT2D eigenvalue weighted by Crippen LogP contribution is -2.44. The van der Waals surface area contributed by atoms with Gasteiger partial charge in [-0.2, -0.15) is 0 Å². The molecule has 3 aromatic rings. The molecule has 2 aliphatic rings. The molecule has 0 radical (unpaired) electrons. The number of carbonyl (C=O) groups is 1. The maximum absolute atomic E-state index is 12.7. The summed E-state index contributed by atoms with van der Waals surface area (Å²) in [6, 6.07) is 29.4. The fourth-order valence-corrected chi connectivity index (χ4v) is 3.93. The van der Waals surface area contributed by atoms with E-state index >= 15 is 0 Å². The number of rotatable bonds is 5. The van der Waals surface area contributed by atoms with Crippen molar-refractivity contribution in [3.05, 3.63) is 108 Å². The Bertz CT molecular complexity index is 937. The normalized spacial score (nSPS) is 25.7. The average Bonchev–Trinajstić information content (AvgIpc) is 3.13. The maximum atomic E-state index is 12.7. The molecule has 0 amide bonds. The van der Waals surface area contributed by atoms with Crippen molar-refractivity contribution in [2.75, 3.05) is 6.61 Å². The zero-order valence-electron chi connectivity index (χ0n) is 16.3. The van der Waals surface area contributed by atoms with Crippen LogP contribution in [0.3, 0.4) is 0 Å². The van der Waals surface area contributed by atoms with Gasteiger partial charge in [0.05, 0.1) is 6.61 Å². The van der Waals surface area contributed by atoms with Crippen molar-refractivity contribution in [2.45, 2.75) is 30.7 Å². The Morgan fingerprint density at radius 2 is 1.37 bits per heavy atom. The summed E-state index contributed by atoms with van der Waals surface area (Å²) in [6.07, 6.45) is -2.82. The number of hydrogen-bond acceptors (Lipinski definition) is 5. The molecule has 30 heavy (non-hydrogen) atoms. The molecule has 5 heteroatoms. The van der Waals surface area contributed by atoms with E-state index in [1.165, 1.54) is 0 Å². The van der Waals surface area contributed by atoms with Gasteiger partial charge in [-0.15, -0.1) is 0 Å². The highest BCUT2D eigenvalue weighted by molar-refractivity contribution is 5.78. The first-order chi connectivity index (χ1) is 14.8. The summed E-state index contributed by atoms with van der Waals surface area (Å²) in [5.41, 5.74) is 2.83. The second-order valence-corrected chi connectivity index (χ2v) is 7.41. The van der Waals surface area contributed by atoms with Crippen LogP contribution in [-0.4, -0.2) is 30.9 Å². The van der Waals surface area contributed by atoms with E-state index in [1.807, 2.05) is 91.0 Å². The third-order valence-electron chi connectivity index (χ3n) is 5.42. The Morgan fingerprint density at radius 1 is 0.800 bits per heavy atom. The first-order valence-corrected chi connectivity index (χ1v) is 10.1. The summed E-state index contributed by atoms with van der Waals surface area (Å²) in [4.78, 5) is 12.7. The Hall–Kier alpha value is -2.99. The monoisotopic (exact) mass is 402 g/mol. The van der Waals surface area contributed by atoms with Crippen LogP contribution in [0, 0.1) is 0 Å². The second kappa shape index (κ2) is 8.40. The molecule has 2 fully saturated rings. The first-order valence-electron chi connectivity index (χ1n) is 10.1. The van der Waals surface area contributed by atoms with Gasteiger partial charge in [-0.25, -0.2) is 4.79 Å². The first kappa shape index (κ1) is 19.0. The van der Waals surface area contributed by atoms with Gasteiger partial charge in [0.2, 0.25) is 0 Å². The molecule has 0 aromatic heterocycles. The molecule has 5 rings (SSSR count). The quantitative estimate of drug-likeness (QED) is 0.599. The van der Waals surface area contributed by atoms with Crippen LogP contribution >= 0.6 is 0 Å². The van der Waals surface area contributed by atoms with Crippen molar-refractivity contribution in [3.8, 4) is 0 Å². The molecule has 2 saturated heterocycles. The summed E-state index contributed by atoms with van der Waals surface area (Å²) >= 11 is 0. The van der Waals surface area contributed by atoms with E-state index in [2.05, 4.69) is 0 Å². The van der Waals surface area contributed by atoms with Gasteiger partial charge in [0, 0.05) is 5.56 Å². The van der Waals surface area contributed by atoms with Crippen LogP contribution in [0.4, 0.5) is 0 Å². The van der Waals surface area contributed by atoms with Crippen LogP contribution in [0.25, 0.3) is 0 Å². The van der Waals surface area contributed by atoms with E-state index in [0.717, 1.165) is 16.7 Å². The number of esters is 1. The fraction of sp³-hybridized carbons (Fsp3) is 0.240. The Balaban J connectivity index is 1.42. The van der Waals surface area contributed by atoms with Gasteiger partial charge in [0.1, 0.15) is 12.2 Å². The molecule has 0 unspecified atom stereocenters. The minimum absolute atomic E-state index is 0.275. The fourth-order valence-electron chi connectivity index (χ4n) is 3.93. The van der Waals surface area contributed by atoms with Gasteiger partial charge < -0.3 is 18.9 Å². The van der Waals surface area contributed by atoms with Crippen molar-refractivity contribution in [1.29, 1.82) is 0 Å². The molecular formula is C25H22O5. The number of fused-ring (bicyclic) bond motifs is 1. The number of benzene rings is 3. The van der Waals surface area contributed by atoms with E-state index in [0.29, 0.717) is 0 Å². The highest BCUT2D eigenvalue weighted by atomic mass is 16.7. The molecule has 2 heterocycles. The second-order valence-electron chi connectivity index (χ2n) is 7.41. The predicted octanol–water partition coefficient (Wildman–Crippen LogP) is 4.20. The van der Waals surface area contributed by atoms with E-state index < -0.39 is 36.7 Å². The lowest BCUT2D eigenvalue weighted by Gasteiger charge is -2.33. The van der Waals surface area contributed by atoms with Crippen LogP contribution in [0.5, 0.6) is 0 Å². The third-order valence-corrected chi connectivity index (χ3v) is 5.42. The van der Waals surface area contributed by atoms with E-state index in [9.17, 15) is 4.79 Å². The Kier molecular flexibility index (Phi) is 5.32. The smallest absolute Gasteiger partial charge is 0.338 e. The number of carbonyl (C=O) groups excluding carboxylic acids is 1. The molecule has 152 valence electrons. The van der Waals surface area contributed by atoms with Crippen LogP contribution in [-0.2, 0) is 23.7 Å². The summed E-state index contributed by atoms with van der Waals surface area (Å²) in [7, 11) is 0. The van der Waals surface area contributed by atoms with Gasteiger partial charge in [0.15, 0.2) is 18.5 Å². The van der Waals surface area contributed by atoms with Gasteiger partial charge in [-0.05, 0) is 11.1 Å². The molecule has 5 nitrogen and oxygen atoms in total. The Labute approximate surface area is 175 Å². The van der Waals surface area contributed by atoms with Crippen LogP contribution in [0.2, 0.25) is 0 Å². The van der Waals surface area contributed by atoms with Crippen molar-refractivity contribution in [3.63, 3.8) is 0 Å². The van der Waals surface area contributed by atoms with Gasteiger partial charge in [0.25, 0.3) is 0 Å². The Morgan fingerprint density at radius 3 is 1.97 bits per heavy atom. The molecular weight excluding hydrogens is 380 g/mol. The van der Waals surface area contributed by atoms with Crippen molar-refractivity contribution < 1.29 is 23.7 Å². The lowest BCUT2D eigenvalue weighted by molar-refractivity contribution is -0.256. The summed E-state index contributed by atoms with van der Waals surface area (Å²) < 4.78 is 23.9. The lowest BCUT2D eigenvalue weighted by atomic mass is 10.0. The predicted molar refractivity (Wildman–Crippen MR) is 109 cm³/mol. The molecule has 0 aliphatic carbocycles. The SMILES string of the molecule is O=C1O[C@H]2CO[C@@H](c3ccccc3)O[C@H]2[C@H]1OC(c1ccccc1)c1ccccc1. The van der Waals surface area contributed by atoms with Gasteiger partial charge >= 0.3 is 5.97 Å². The van der Waals surface area contributed by atoms with Crippen molar-refractivity contribution >= 4 is 5.97 Å². The standard InChI is InChI=1S/C25H22O5/c26-24-23(22-20(28-24)16-27-25(30-22)19-14-8-3-9-15-19)29-21(17-10-4-1-5-11-17)18-12-6-2-7-13-18/h1-15,20-23,25H,16H2/t20-,22+,23+,25+/m0/s1. The van der Waals surface area contributed by atoms with Crippen molar-refractivity contribution in [1.82, 2.24) is 0 Å². The molecule has 0 N–H and O–H groups in total. The highest BCUT2D eigenvalue weighted by Gasteiger charge is 2.51. The molecule has 2 aliphatic heterocycles. The maximum Gasteiger partial charge on any atom is 0.338 e. The third kappa shape index (κ3) is 3.75. The summed E-state index contributed by atoms with van der Waals surface area (Å²) in [5.74, 6) is -0.417. The van der Waals surface area contributed by atoms with Gasteiger partial charge in [-0.3, -0.25) is 0 Å². The van der Waals surface area contributed by atoms with E-state index in [1.54, 1.807) is 0 Å². The van der Waals surface area contributed by atoms with E-state index in [4.69, 9.17) is 18.9 Å². The molecule has 0 saturated carbocycles. The van der Waals surface area contributed by atoms with Gasteiger partial charge in [-0.1, -0.05) is 91.0 Å². The van der Waals surface area contributed by atoms with Crippen LogP contribution in [0.15, 0.2) is 91.0 Å². The number of hydrogen-bond donors (Lipinski definition) is 0. The highest BCUT2D eigenvalue weighted by Crippen LogP contribution is 2.37. The molecule has 0 bridgehead atoms. The largest absolute Gasteiger partial charge is 0.455 e. The van der Waals surface area contributed by atoms with Crippen LogP contribution < -0.4 is 0 Å². The number of ether oxygens (including phenoxy) is 4. The minimum atomic E-state index is -0.837. The zero-order chi connectivity index (χ0) is 20.3. The molecule has 0 spiro atoms.